The number of nitrogens with zero attached hydrogens (tertiary/aromatic N) is 1. The molecule has 1 unspecified atom stereocenters. The lowest BCUT2D eigenvalue weighted by Crippen LogP contribution is -2.36. The van der Waals surface area contributed by atoms with E-state index >= 15 is 0 Å². The minimum Gasteiger partial charge on any atom is -0.353 e. The smallest absolute Gasteiger partial charge is 0.268 e. The predicted octanol–water partition coefficient (Wildman–Crippen LogP) is 3.28. The number of hydrogen-bond donors (Lipinski definition) is 0. The zero-order valence-electron chi connectivity index (χ0n) is 13.5. The number of carbonyl (C=O) groups excluding carboxylic acids is 2. The van der Waals surface area contributed by atoms with Crippen molar-refractivity contribution >= 4 is 23.6 Å². The summed E-state index contributed by atoms with van der Waals surface area (Å²) in [5, 5.41) is 0. The first-order valence-corrected chi connectivity index (χ1v) is 7.91. The minimum absolute atomic E-state index is 0.316. The summed E-state index contributed by atoms with van der Waals surface area (Å²) in [5.74, 6) is -0.651. The van der Waals surface area contributed by atoms with Gasteiger partial charge in [0.05, 0.1) is 16.9 Å². The number of amides is 2. The molecular formula is C20H17NO3. The van der Waals surface area contributed by atoms with Gasteiger partial charge < -0.3 is 4.74 Å². The van der Waals surface area contributed by atoms with Crippen LogP contribution >= 0.6 is 0 Å². The third kappa shape index (κ3) is 2.11. The number of carbonyl (C=O) groups is 2. The molecule has 2 aliphatic rings. The molecule has 0 bridgehead atoms. The van der Waals surface area contributed by atoms with Gasteiger partial charge in [0.25, 0.3) is 11.8 Å². The Morgan fingerprint density at radius 3 is 2.38 bits per heavy atom. The SMILES string of the molecule is CC1(C)OC2C(=O)N(c3ccccc3)C(=O)C2=Cc2ccccc21. The van der Waals surface area contributed by atoms with Crippen molar-refractivity contribution in [2.75, 3.05) is 4.90 Å². The van der Waals surface area contributed by atoms with Crippen molar-refractivity contribution in [1.82, 2.24) is 0 Å². The molecule has 1 fully saturated rings. The molecule has 0 radical (unpaired) electrons. The number of ether oxygens (including phenoxy) is 1. The average Bonchev–Trinajstić information content (AvgIpc) is 2.73. The monoisotopic (exact) mass is 319 g/mol. The fourth-order valence-corrected chi connectivity index (χ4v) is 3.36. The summed E-state index contributed by atoms with van der Waals surface area (Å²) in [6.45, 7) is 3.84. The van der Waals surface area contributed by atoms with Crippen LogP contribution in [0, 0.1) is 0 Å². The van der Waals surface area contributed by atoms with Crippen LogP contribution in [-0.4, -0.2) is 17.9 Å². The fraction of sp³-hybridized carbons (Fsp3) is 0.200. The Bertz CT molecular complexity index is 867. The molecule has 1 atom stereocenters. The Kier molecular flexibility index (Phi) is 3.18. The van der Waals surface area contributed by atoms with E-state index in [1.54, 1.807) is 30.3 Å². The van der Waals surface area contributed by atoms with Crippen molar-refractivity contribution in [2.24, 2.45) is 0 Å². The first-order chi connectivity index (χ1) is 11.5. The van der Waals surface area contributed by atoms with Crippen LogP contribution in [-0.2, 0) is 19.9 Å². The average molecular weight is 319 g/mol. The second-order valence-electron chi connectivity index (χ2n) is 6.51. The molecule has 0 aliphatic carbocycles. The number of imide groups is 1. The molecule has 4 nitrogen and oxygen atoms in total. The molecule has 1 saturated heterocycles. The normalized spacial score (nSPS) is 21.8. The Labute approximate surface area is 140 Å². The van der Waals surface area contributed by atoms with Gasteiger partial charge in [0.1, 0.15) is 0 Å². The summed E-state index contributed by atoms with van der Waals surface area (Å²) >= 11 is 0. The van der Waals surface area contributed by atoms with Crippen LogP contribution in [0.4, 0.5) is 5.69 Å². The van der Waals surface area contributed by atoms with Gasteiger partial charge in [0.15, 0.2) is 6.10 Å². The lowest BCUT2D eigenvalue weighted by molar-refractivity contribution is -0.135. The molecule has 2 amide bonds. The van der Waals surface area contributed by atoms with Crippen LogP contribution in [0.2, 0.25) is 0 Å². The van der Waals surface area contributed by atoms with Crippen LogP contribution < -0.4 is 4.90 Å². The zero-order valence-corrected chi connectivity index (χ0v) is 13.5. The van der Waals surface area contributed by atoms with Crippen LogP contribution in [0.25, 0.3) is 6.08 Å². The van der Waals surface area contributed by atoms with E-state index in [2.05, 4.69) is 0 Å². The van der Waals surface area contributed by atoms with Crippen molar-refractivity contribution in [3.63, 3.8) is 0 Å². The maximum absolute atomic E-state index is 12.9. The number of benzene rings is 2. The van der Waals surface area contributed by atoms with E-state index in [1.807, 2.05) is 44.2 Å². The summed E-state index contributed by atoms with van der Waals surface area (Å²) in [6, 6.07) is 16.7. The standard InChI is InChI=1S/C20H17NO3/c1-20(2)16-11-7-6-8-13(16)12-15-17(24-20)19(23)21(18(15)22)14-9-4-3-5-10-14/h3-12,17H,1-2H3. The summed E-state index contributed by atoms with van der Waals surface area (Å²) in [4.78, 5) is 27.0. The van der Waals surface area contributed by atoms with Crippen LogP contribution in [0.1, 0.15) is 25.0 Å². The molecule has 24 heavy (non-hydrogen) atoms. The van der Waals surface area contributed by atoms with Gasteiger partial charge in [-0.05, 0) is 43.2 Å². The van der Waals surface area contributed by atoms with E-state index < -0.39 is 11.7 Å². The van der Waals surface area contributed by atoms with Gasteiger partial charge in [0.2, 0.25) is 0 Å². The van der Waals surface area contributed by atoms with E-state index in [9.17, 15) is 9.59 Å². The van der Waals surface area contributed by atoms with E-state index in [0.29, 0.717) is 11.3 Å². The lowest BCUT2D eigenvalue weighted by atomic mass is 9.93. The van der Waals surface area contributed by atoms with Crippen molar-refractivity contribution in [1.29, 1.82) is 0 Å². The van der Waals surface area contributed by atoms with Crippen LogP contribution in [0.3, 0.4) is 0 Å². The van der Waals surface area contributed by atoms with Crippen molar-refractivity contribution < 1.29 is 14.3 Å². The number of fused-ring (bicyclic) bond motifs is 2. The summed E-state index contributed by atoms with van der Waals surface area (Å²) in [7, 11) is 0. The largest absolute Gasteiger partial charge is 0.353 e. The highest BCUT2D eigenvalue weighted by atomic mass is 16.5. The molecule has 0 N–H and O–H groups in total. The van der Waals surface area contributed by atoms with Gasteiger partial charge in [-0.1, -0.05) is 42.5 Å². The Morgan fingerprint density at radius 1 is 0.958 bits per heavy atom. The van der Waals surface area contributed by atoms with Gasteiger partial charge in [-0.2, -0.15) is 0 Å². The molecule has 0 aromatic heterocycles. The van der Waals surface area contributed by atoms with E-state index in [4.69, 9.17) is 4.74 Å². The summed E-state index contributed by atoms with van der Waals surface area (Å²) < 4.78 is 6.10. The van der Waals surface area contributed by atoms with Crippen LogP contribution in [0.5, 0.6) is 0 Å². The molecule has 120 valence electrons. The third-order valence-electron chi connectivity index (χ3n) is 4.52. The highest BCUT2D eigenvalue weighted by Crippen LogP contribution is 2.39. The van der Waals surface area contributed by atoms with Crippen molar-refractivity contribution in [3.8, 4) is 0 Å². The molecule has 4 heteroatoms. The number of rotatable bonds is 1. The first kappa shape index (κ1) is 14.8. The third-order valence-corrected chi connectivity index (χ3v) is 4.52. The molecule has 2 aromatic carbocycles. The quantitative estimate of drug-likeness (QED) is 0.758. The molecule has 0 spiro atoms. The van der Waals surface area contributed by atoms with Gasteiger partial charge >= 0.3 is 0 Å². The van der Waals surface area contributed by atoms with Gasteiger partial charge in [-0.3, -0.25) is 9.59 Å². The molecule has 2 heterocycles. The highest BCUT2D eigenvalue weighted by molar-refractivity contribution is 6.32. The maximum atomic E-state index is 12.9. The lowest BCUT2D eigenvalue weighted by Gasteiger charge is -2.28. The summed E-state index contributed by atoms with van der Waals surface area (Å²) in [5.41, 5.74) is 2.18. The second-order valence-corrected chi connectivity index (χ2v) is 6.51. The molecule has 2 aliphatic heterocycles. The van der Waals surface area contributed by atoms with Crippen molar-refractivity contribution in [3.05, 3.63) is 71.3 Å². The predicted molar refractivity (Wildman–Crippen MR) is 91.3 cm³/mol. The number of anilines is 1. The molecule has 2 aromatic rings. The van der Waals surface area contributed by atoms with E-state index in [0.717, 1.165) is 11.1 Å². The Morgan fingerprint density at radius 2 is 1.62 bits per heavy atom. The van der Waals surface area contributed by atoms with Gasteiger partial charge in [-0.15, -0.1) is 0 Å². The van der Waals surface area contributed by atoms with Gasteiger partial charge in [0, 0.05) is 0 Å². The van der Waals surface area contributed by atoms with Crippen molar-refractivity contribution in [2.45, 2.75) is 25.6 Å². The van der Waals surface area contributed by atoms with Gasteiger partial charge in [-0.25, -0.2) is 4.90 Å². The Hall–Kier alpha value is -2.72. The molecule has 4 rings (SSSR count). The number of para-hydroxylation sites is 1. The molecular weight excluding hydrogens is 302 g/mol. The van der Waals surface area contributed by atoms with Crippen LogP contribution in [0.15, 0.2) is 60.2 Å². The summed E-state index contributed by atoms with van der Waals surface area (Å²) in [6.07, 6.45) is 0.915. The van der Waals surface area contributed by atoms with E-state index in [1.165, 1.54) is 4.90 Å². The first-order valence-electron chi connectivity index (χ1n) is 7.91. The number of hydrogen-bond acceptors (Lipinski definition) is 3. The van der Waals surface area contributed by atoms with E-state index in [-0.39, 0.29) is 11.8 Å². The topological polar surface area (TPSA) is 46.6 Å². The fourth-order valence-electron chi connectivity index (χ4n) is 3.36. The zero-order chi connectivity index (χ0) is 16.9. The highest BCUT2D eigenvalue weighted by Gasteiger charge is 2.48. The Balaban J connectivity index is 1.86. The maximum Gasteiger partial charge on any atom is 0.268 e. The second kappa shape index (κ2) is 5.14. The minimum atomic E-state index is -0.875. The molecule has 0 saturated carbocycles.